The fourth-order valence-electron chi connectivity index (χ4n) is 3.33. The van der Waals surface area contributed by atoms with Gasteiger partial charge in [-0.2, -0.15) is 0 Å². The summed E-state index contributed by atoms with van der Waals surface area (Å²) < 4.78 is 10.5. The van der Waals surface area contributed by atoms with Gasteiger partial charge in [0.25, 0.3) is 5.91 Å². The van der Waals surface area contributed by atoms with Gasteiger partial charge in [-0.1, -0.05) is 30.3 Å². The fraction of sp³-hybridized carbons (Fsp3) is 0.148. The zero-order chi connectivity index (χ0) is 25.5. The van der Waals surface area contributed by atoms with Gasteiger partial charge in [0.1, 0.15) is 0 Å². The number of amides is 2. The van der Waals surface area contributed by atoms with E-state index < -0.39 is 0 Å². The molecule has 2 N–H and O–H groups in total. The van der Waals surface area contributed by atoms with Gasteiger partial charge in [0.05, 0.1) is 25.2 Å². The summed E-state index contributed by atoms with van der Waals surface area (Å²) in [7, 11) is 3.07. The number of anilines is 2. The van der Waals surface area contributed by atoms with Gasteiger partial charge >= 0.3 is 0 Å². The van der Waals surface area contributed by atoms with E-state index in [4.69, 9.17) is 9.47 Å². The van der Waals surface area contributed by atoms with Crippen LogP contribution in [0.1, 0.15) is 17.3 Å². The lowest BCUT2D eigenvalue weighted by molar-refractivity contribution is -0.115. The monoisotopic (exact) mass is 519 g/mol. The Morgan fingerprint density at radius 1 is 0.917 bits per heavy atom. The molecular weight excluding hydrogens is 494 g/mol. The van der Waals surface area contributed by atoms with E-state index in [1.165, 1.54) is 30.2 Å². The van der Waals surface area contributed by atoms with Gasteiger partial charge in [-0.15, -0.1) is 23.1 Å². The van der Waals surface area contributed by atoms with Gasteiger partial charge in [0.2, 0.25) is 5.91 Å². The standard InChI is InChI=1S/C27H25N3O4S2/c1-17(25(31)30-27-29-22(16-35-27)18-7-5-4-6-8-18)36-21-12-10-20(11-13-21)28-26(32)19-9-14-23(33-2)24(15-19)34-3/h4-17H,1-3H3,(H,28,32)(H,29,30,31). The molecule has 7 nitrogen and oxygen atoms in total. The van der Waals surface area contributed by atoms with Gasteiger partial charge in [0.15, 0.2) is 16.6 Å². The second-order valence-corrected chi connectivity index (χ2v) is 9.97. The molecule has 1 atom stereocenters. The third-order valence-corrected chi connectivity index (χ3v) is 7.11. The van der Waals surface area contributed by atoms with Crippen LogP contribution in [0.4, 0.5) is 10.8 Å². The summed E-state index contributed by atoms with van der Waals surface area (Å²) in [6.45, 7) is 1.85. The SMILES string of the molecule is COc1ccc(C(=O)Nc2ccc(SC(C)C(=O)Nc3nc(-c4ccccc4)cs3)cc2)cc1OC. The summed E-state index contributed by atoms with van der Waals surface area (Å²) >= 11 is 2.83. The fourth-order valence-corrected chi connectivity index (χ4v) is 4.92. The predicted octanol–water partition coefficient (Wildman–Crippen LogP) is 6.20. The molecule has 0 saturated carbocycles. The number of nitrogens with one attached hydrogen (secondary N) is 2. The van der Waals surface area contributed by atoms with Crippen LogP contribution in [0.15, 0.2) is 83.1 Å². The highest BCUT2D eigenvalue weighted by molar-refractivity contribution is 8.00. The minimum Gasteiger partial charge on any atom is -0.493 e. The Kier molecular flexibility index (Phi) is 8.24. The lowest BCUT2D eigenvalue weighted by Gasteiger charge is -2.12. The predicted molar refractivity (Wildman–Crippen MR) is 145 cm³/mol. The van der Waals surface area contributed by atoms with Crippen LogP contribution in [-0.2, 0) is 4.79 Å². The van der Waals surface area contributed by atoms with Crippen molar-refractivity contribution in [3.05, 3.63) is 83.7 Å². The van der Waals surface area contributed by atoms with E-state index in [9.17, 15) is 9.59 Å². The van der Waals surface area contributed by atoms with Crippen molar-refractivity contribution in [1.29, 1.82) is 0 Å². The summed E-state index contributed by atoms with van der Waals surface area (Å²) in [5, 5.41) is 7.93. The van der Waals surface area contributed by atoms with Crippen molar-refractivity contribution in [3.8, 4) is 22.8 Å². The minimum atomic E-state index is -0.332. The van der Waals surface area contributed by atoms with Crippen LogP contribution < -0.4 is 20.1 Å². The molecule has 36 heavy (non-hydrogen) atoms. The van der Waals surface area contributed by atoms with Gasteiger partial charge in [0, 0.05) is 27.1 Å². The Morgan fingerprint density at radius 3 is 2.33 bits per heavy atom. The Labute approximate surface area is 217 Å². The number of methoxy groups -OCH3 is 2. The number of benzene rings is 3. The molecule has 0 aliphatic carbocycles. The lowest BCUT2D eigenvalue weighted by Crippen LogP contribution is -2.22. The van der Waals surface area contributed by atoms with Crippen molar-refractivity contribution < 1.29 is 19.1 Å². The molecule has 1 unspecified atom stereocenters. The Hall–Kier alpha value is -3.82. The first-order valence-electron chi connectivity index (χ1n) is 11.1. The Bertz CT molecular complexity index is 1340. The number of carbonyl (C=O) groups is 2. The van der Waals surface area contributed by atoms with Crippen molar-refractivity contribution in [2.75, 3.05) is 24.9 Å². The topological polar surface area (TPSA) is 89.5 Å². The summed E-state index contributed by atoms with van der Waals surface area (Å²) in [4.78, 5) is 30.7. The molecule has 1 heterocycles. The molecule has 0 saturated heterocycles. The van der Waals surface area contributed by atoms with Crippen LogP contribution in [0, 0.1) is 0 Å². The summed E-state index contributed by atoms with van der Waals surface area (Å²) in [5.41, 5.74) is 2.94. The summed E-state index contributed by atoms with van der Waals surface area (Å²) in [6, 6.07) is 22.2. The van der Waals surface area contributed by atoms with E-state index in [2.05, 4.69) is 15.6 Å². The van der Waals surface area contributed by atoms with Crippen LogP contribution >= 0.6 is 23.1 Å². The van der Waals surface area contributed by atoms with Gasteiger partial charge in [-0.3, -0.25) is 9.59 Å². The quantitative estimate of drug-likeness (QED) is 0.256. The first-order chi connectivity index (χ1) is 17.5. The molecule has 0 aliphatic heterocycles. The molecular formula is C27H25N3O4S2. The molecule has 0 spiro atoms. The number of carbonyl (C=O) groups excluding carboxylic acids is 2. The second-order valence-electron chi connectivity index (χ2n) is 7.70. The van der Waals surface area contributed by atoms with Crippen molar-refractivity contribution in [2.45, 2.75) is 17.1 Å². The smallest absolute Gasteiger partial charge is 0.255 e. The second kappa shape index (κ2) is 11.7. The molecule has 0 aliphatic rings. The van der Waals surface area contributed by atoms with E-state index in [0.717, 1.165) is 16.2 Å². The van der Waals surface area contributed by atoms with Crippen molar-refractivity contribution >= 4 is 45.7 Å². The molecule has 0 bridgehead atoms. The van der Waals surface area contributed by atoms with E-state index in [0.29, 0.717) is 27.9 Å². The average Bonchev–Trinajstić information content (AvgIpc) is 3.38. The molecule has 9 heteroatoms. The van der Waals surface area contributed by atoms with Crippen molar-refractivity contribution in [3.63, 3.8) is 0 Å². The number of nitrogens with zero attached hydrogens (tertiary/aromatic N) is 1. The first kappa shape index (κ1) is 25.3. The number of hydrogen-bond acceptors (Lipinski definition) is 7. The maximum Gasteiger partial charge on any atom is 0.255 e. The normalized spacial score (nSPS) is 11.4. The Balaban J connectivity index is 1.32. The molecule has 0 radical (unpaired) electrons. The first-order valence-corrected chi connectivity index (χ1v) is 12.8. The molecule has 1 aromatic heterocycles. The van der Waals surface area contributed by atoms with Crippen molar-refractivity contribution in [2.24, 2.45) is 0 Å². The van der Waals surface area contributed by atoms with Crippen LogP contribution in [-0.4, -0.2) is 36.3 Å². The van der Waals surface area contributed by atoms with Crippen LogP contribution in [0.25, 0.3) is 11.3 Å². The Morgan fingerprint density at radius 2 is 1.64 bits per heavy atom. The number of thiazole rings is 1. The molecule has 0 fully saturated rings. The van der Waals surface area contributed by atoms with Crippen LogP contribution in [0.2, 0.25) is 0 Å². The average molecular weight is 520 g/mol. The molecule has 2 amide bonds. The van der Waals surface area contributed by atoms with Gasteiger partial charge in [-0.05, 0) is 49.4 Å². The highest BCUT2D eigenvalue weighted by Crippen LogP contribution is 2.30. The number of thioether (sulfide) groups is 1. The largest absolute Gasteiger partial charge is 0.493 e. The maximum atomic E-state index is 12.7. The van der Waals surface area contributed by atoms with E-state index >= 15 is 0 Å². The maximum absolute atomic E-state index is 12.7. The molecule has 4 rings (SSSR count). The van der Waals surface area contributed by atoms with E-state index in [1.807, 2.05) is 54.8 Å². The number of rotatable bonds is 9. The van der Waals surface area contributed by atoms with E-state index in [1.54, 1.807) is 37.4 Å². The molecule has 4 aromatic rings. The number of hydrogen-bond donors (Lipinski definition) is 2. The van der Waals surface area contributed by atoms with Gasteiger partial charge < -0.3 is 20.1 Å². The highest BCUT2D eigenvalue weighted by Gasteiger charge is 2.17. The molecule has 184 valence electrons. The molecule has 3 aromatic carbocycles. The van der Waals surface area contributed by atoms with Crippen LogP contribution in [0.3, 0.4) is 0 Å². The summed E-state index contributed by atoms with van der Waals surface area (Å²) in [6.07, 6.45) is 0. The zero-order valence-electron chi connectivity index (χ0n) is 20.0. The number of aromatic nitrogens is 1. The van der Waals surface area contributed by atoms with Crippen molar-refractivity contribution in [1.82, 2.24) is 4.98 Å². The van der Waals surface area contributed by atoms with Gasteiger partial charge in [-0.25, -0.2) is 4.98 Å². The number of ether oxygens (including phenoxy) is 2. The zero-order valence-corrected chi connectivity index (χ0v) is 21.6. The lowest BCUT2D eigenvalue weighted by atomic mass is 10.2. The minimum absolute atomic E-state index is 0.125. The third-order valence-electron chi connectivity index (χ3n) is 5.24. The third kappa shape index (κ3) is 6.24. The van der Waals surface area contributed by atoms with E-state index in [-0.39, 0.29) is 17.1 Å². The summed E-state index contributed by atoms with van der Waals surface area (Å²) in [5.74, 6) is 0.653. The highest BCUT2D eigenvalue weighted by atomic mass is 32.2. The van der Waals surface area contributed by atoms with Crippen LogP contribution in [0.5, 0.6) is 11.5 Å².